The molecule has 1 aliphatic rings. The van der Waals surface area contributed by atoms with Crippen molar-refractivity contribution in [3.05, 3.63) is 42.0 Å². The number of allylic oxidation sites excluding steroid dienone is 2. The molecule has 0 N–H and O–H groups in total. The zero-order valence-electron chi connectivity index (χ0n) is 15.0. The Kier molecular flexibility index (Phi) is 8.06. The van der Waals surface area contributed by atoms with Gasteiger partial charge in [0, 0.05) is 11.5 Å². The van der Waals surface area contributed by atoms with Crippen LogP contribution in [0.25, 0.3) is 0 Å². The molecule has 0 amide bonds. The highest BCUT2D eigenvalue weighted by Crippen LogP contribution is 2.29. The lowest BCUT2D eigenvalue weighted by molar-refractivity contribution is 0.309. The first-order valence-electron chi connectivity index (χ1n) is 9.22. The van der Waals surface area contributed by atoms with Gasteiger partial charge in [-0.3, -0.25) is 0 Å². The van der Waals surface area contributed by atoms with Gasteiger partial charge < -0.3 is 4.74 Å². The van der Waals surface area contributed by atoms with Crippen molar-refractivity contribution in [2.24, 2.45) is 11.8 Å². The molecule has 0 aliphatic heterocycles. The van der Waals surface area contributed by atoms with Crippen LogP contribution in [0.1, 0.15) is 57.9 Å². The molecule has 2 rings (SSSR count). The zero-order valence-corrected chi connectivity index (χ0v) is 15.0. The van der Waals surface area contributed by atoms with Crippen LogP contribution in [0.4, 0.5) is 0 Å². The molecule has 0 unspecified atom stereocenters. The van der Waals surface area contributed by atoms with Crippen molar-refractivity contribution < 1.29 is 4.74 Å². The molecule has 0 heterocycles. The first-order valence-corrected chi connectivity index (χ1v) is 9.22. The van der Waals surface area contributed by atoms with Crippen LogP contribution < -0.4 is 4.74 Å². The first-order chi connectivity index (χ1) is 11.8. The third kappa shape index (κ3) is 6.55. The lowest BCUT2D eigenvalue weighted by atomic mass is 9.81. The van der Waals surface area contributed by atoms with E-state index in [1.54, 1.807) is 0 Å². The highest BCUT2D eigenvalue weighted by atomic mass is 16.5. The summed E-state index contributed by atoms with van der Waals surface area (Å²) in [6, 6.07) is 7.92. The summed E-state index contributed by atoms with van der Waals surface area (Å²) in [6.45, 7) is 5.15. The van der Waals surface area contributed by atoms with E-state index in [9.17, 15) is 0 Å². The molecule has 1 aromatic rings. The van der Waals surface area contributed by atoms with Gasteiger partial charge in [0.25, 0.3) is 0 Å². The van der Waals surface area contributed by atoms with Gasteiger partial charge in [-0.25, -0.2) is 0 Å². The average Bonchev–Trinajstić information content (AvgIpc) is 2.64. The summed E-state index contributed by atoms with van der Waals surface area (Å²) < 4.78 is 5.56. The molecular formula is C23H28O. The quantitative estimate of drug-likeness (QED) is 0.656. The lowest BCUT2D eigenvalue weighted by Gasteiger charge is -2.24. The Balaban J connectivity index is 1.77. The van der Waals surface area contributed by atoms with Crippen LogP contribution in [0.5, 0.6) is 5.75 Å². The maximum Gasteiger partial charge on any atom is 0.119 e. The second kappa shape index (κ2) is 10.6. The van der Waals surface area contributed by atoms with Gasteiger partial charge in [-0.15, -0.1) is 0 Å². The van der Waals surface area contributed by atoms with Crippen molar-refractivity contribution in [2.75, 3.05) is 6.61 Å². The summed E-state index contributed by atoms with van der Waals surface area (Å²) >= 11 is 0. The van der Waals surface area contributed by atoms with Crippen LogP contribution in [0.2, 0.25) is 0 Å². The minimum Gasteiger partial charge on any atom is -0.494 e. The third-order valence-corrected chi connectivity index (χ3v) is 4.51. The number of hydrogen-bond acceptors (Lipinski definition) is 1. The molecule has 1 aliphatic carbocycles. The summed E-state index contributed by atoms with van der Waals surface area (Å²) in [4.78, 5) is 0. The van der Waals surface area contributed by atoms with Crippen LogP contribution in [-0.2, 0) is 0 Å². The predicted octanol–water partition coefficient (Wildman–Crippen LogP) is 5.60. The second-order valence-corrected chi connectivity index (χ2v) is 6.39. The van der Waals surface area contributed by atoms with E-state index in [2.05, 4.69) is 37.5 Å². The Labute approximate surface area is 147 Å². The summed E-state index contributed by atoms with van der Waals surface area (Å²) in [5.41, 5.74) is 0.995. The monoisotopic (exact) mass is 320 g/mol. The second-order valence-electron chi connectivity index (χ2n) is 6.39. The van der Waals surface area contributed by atoms with Crippen LogP contribution in [0, 0.1) is 35.5 Å². The van der Waals surface area contributed by atoms with Gasteiger partial charge in [-0.2, -0.15) is 0 Å². The van der Waals surface area contributed by atoms with Gasteiger partial charge in [0.05, 0.1) is 6.61 Å². The van der Waals surface area contributed by atoms with Crippen LogP contribution in [0.3, 0.4) is 0 Å². The van der Waals surface area contributed by atoms with Crippen LogP contribution in [-0.4, -0.2) is 6.61 Å². The summed E-state index contributed by atoms with van der Waals surface area (Å²) in [7, 11) is 0. The summed E-state index contributed by atoms with van der Waals surface area (Å²) in [6.07, 6.45) is 11.3. The van der Waals surface area contributed by atoms with Crippen molar-refractivity contribution in [3.63, 3.8) is 0 Å². The predicted molar refractivity (Wildman–Crippen MR) is 102 cm³/mol. The number of benzene rings is 1. The molecule has 1 heteroatoms. The first kappa shape index (κ1) is 18.2. The smallest absolute Gasteiger partial charge is 0.119 e. The third-order valence-electron chi connectivity index (χ3n) is 4.51. The molecule has 0 saturated heterocycles. The Bertz CT molecular complexity index is 623. The molecule has 24 heavy (non-hydrogen) atoms. The molecule has 0 aromatic heterocycles. The molecule has 0 atom stereocenters. The number of rotatable bonds is 4. The van der Waals surface area contributed by atoms with Crippen molar-refractivity contribution >= 4 is 0 Å². The fourth-order valence-corrected chi connectivity index (χ4v) is 2.94. The van der Waals surface area contributed by atoms with Crippen molar-refractivity contribution in [1.82, 2.24) is 0 Å². The van der Waals surface area contributed by atoms with Gasteiger partial charge >= 0.3 is 0 Å². The Morgan fingerprint density at radius 1 is 1.00 bits per heavy atom. The Morgan fingerprint density at radius 3 is 2.38 bits per heavy atom. The van der Waals surface area contributed by atoms with Crippen LogP contribution >= 0.6 is 0 Å². The van der Waals surface area contributed by atoms with Gasteiger partial charge in [-0.05, 0) is 74.4 Å². The van der Waals surface area contributed by atoms with Gasteiger partial charge in [0.2, 0.25) is 0 Å². The molecule has 1 saturated carbocycles. The minimum atomic E-state index is 0.584. The van der Waals surface area contributed by atoms with E-state index in [-0.39, 0.29) is 0 Å². The SMILES string of the molecule is CCCOc1ccc(C#C/C=C/C#CC2CCC(CC)CC2)cc1. The summed E-state index contributed by atoms with van der Waals surface area (Å²) in [5, 5.41) is 0. The maximum atomic E-state index is 5.56. The minimum absolute atomic E-state index is 0.584. The highest BCUT2D eigenvalue weighted by Gasteiger charge is 2.17. The van der Waals surface area contributed by atoms with E-state index in [0.29, 0.717) is 5.92 Å². The Hall–Kier alpha value is -2.12. The van der Waals surface area contributed by atoms with E-state index >= 15 is 0 Å². The normalized spacial score (nSPS) is 19.9. The van der Waals surface area contributed by atoms with Crippen molar-refractivity contribution in [2.45, 2.75) is 52.4 Å². The van der Waals surface area contributed by atoms with Gasteiger partial charge in [0.15, 0.2) is 0 Å². The fraction of sp³-hybridized carbons (Fsp3) is 0.478. The molecule has 1 aromatic carbocycles. The topological polar surface area (TPSA) is 9.23 Å². The van der Waals surface area contributed by atoms with E-state index in [1.807, 2.05) is 36.4 Å². The lowest BCUT2D eigenvalue weighted by Crippen LogP contribution is -2.12. The molecule has 126 valence electrons. The van der Waals surface area contributed by atoms with E-state index in [1.165, 1.54) is 32.1 Å². The molecule has 1 nitrogen and oxygen atoms in total. The number of ether oxygens (including phenoxy) is 1. The zero-order chi connectivity index (χ0) is 17.0. The van der Waals surface area contributed by atoms with E-state index < -0.39 is 0 Å². The molecule has 0 spiro atoms. The Morgan fingerprint density at radius 2 is 1.71 bits per heavy atom. The standard InChI is InChI=1S/C23H28O/c1-3-19-24-23-17-15-22(16-18-23)10-8-6-5-7-9-21-13-11-20(4-2)12-14-21/h5-6,15-18,20-21H,3-4,11-14,19H2,1-2H3/b6-5+. The van der Waals surface area contributed by atoms with Crippen LogP contribution in [0.15, 0.2) is 36.4 Å². The van der Waals surface area contributed by atoms with E-state index in [0.717, 1.165) is 30.3 Å². The molecular weight excluding hydrogens is 292 g/mol. The highest BCUT2D eigenvalue weighted by molar-refractivity contribution is 5.40. The fourth-order valence-electron chi connectivity index (χ4n) is 2.94. The van der Waals surface area contributed by atoms with Gasteiger partial charge in [-0.1, -0.05) is 44.0 Å². The number of hydrogen-bond donors (Lipinski definition) is 0. The largest absolute Gasteiger partial charge is 0.494 e. The maximum absolute atomic E-state index is 5.56. The molecule has 1 fully saturated rings. The van der Waals surface area contributed by atoms with E-state index in [4.69, 9.17) is 4.74 Å². The van der Waals surface area contributed by atoms with Crippen molar-refractivity contribution in [1.29, 1.82) is 0 Å². The van der Waals surface area contributed by atoms with Gasteiger partial charge in [0.1, 0.15) is 5.75 Å². The summed E-state index contributed by atoms with van der Waals surface area (Å²) in [5.74, 6) is 15.1. The molecule has 0 radical (unpaired) electrons. The molecule has 0 bridgehead atoms. The average molecular weight is 320 g/mol. The van der Waals surface area contributed by atoms with Crippen molar-refractivity contribution in [3.8, 4) is 29.4 Å².